The van der Waals surface area contributed by atoms with Crippen LogP contribution in [0.15, 0.2) is 66.7 Å². The van der Waals surface area contributed by atoms with E-state index >= 15 is 0 Å². The van der Waals surface area contributed by atoms with E-state index in [0.717, 1.165) is 11.1 Å². The highest BCUT2D eigenvalue weighted by molar-refractivity contribution is 6.09. The molecule has 0 fully saturated rings. The highest BCUT2D eigenvalue weighted by atomic mass is 19.1. The smallest absolute Gasteiger partial charge is 0.257 e. The lowest BCUT2D eigenvalue weighted by Gasteiger charge is -2.11. The van der Waals surface area contributed by atoms with Gasteiger partial charge in [0, 0.05) is 0 Å². The van der Waals surface area contributed by atoms with Crippen LogP contribution in [0.2, 0.25) is 0 Å². The number of nitrogens with two attached hydrogens (primary N) is 2. The van der Waals surface area contributed by atoms with Crippen molar-refractivity contribution in [3.63, 3.8) is 0 Å². The van der Waals surface area contributed by atoms with Crippen LogP contribution in [-0.2, 0) is 0 Å². The summed E-state index contributed by atoms with van der Waals surface area (Å²) in [6, 6.07) is 18.8. The fourth-order valence-corrected chi connectivity index (χ4v) is 2.40. The Hall–Kier alpha value is -3.34. The van der Waals surface area contributed by atoms with Gasteiger partial charge in [0.1, 0.15) is 5.82 Å². The van der Waals surface area contributed by atoms with Gasteiger partial charge in [-0.3, -0.25) is 4.79 Å². The van der Waals surface area contributed by atoms with E-state index in [9.17, 15) is 9.18 Å². The van der Waals surface area contributed by atoms with Crippen molar-refractivity contribution in [2.24, 2.45) is 0 Å². The van der Waals surface area contributed by atoms with E-state index < -0.39 is 11.7 Å². The van der Waals surface area contributed by atoms with Crippen LogP contribution in [0, 0.1) is 5.82 Å². The van der Waals surface area contributed by atoms with Gasteiger partial charge in [-0.1, -0.05) is 42.5 Å². The van der Waals surface area contributed by atoms with E-state index in [-0.39, 0.29) is 16.9 Å². The first-order valence-corrected chi connectivity index (χ1v) is 7.36. The number of nitrogens with one attached hydrogen (secondary N) is 1. The van der Waals surface area contributed by atoms with Crippen LogP contribution >= 0.6 is 0 Å². The topological polar surface area (TPSA) is 81.1 Å². The highest BCUT2D eigenvalue weighted by Gasteiger charge is 2.14. The third kappa shape index (κ3) is 3.05. The molecule has 3 aromatic carbocycles. The molecule has 0 spiro atoms. The van der Waals surface area contributed by atoms with Gasteiger partial charge in [-0.05, 0) is 35.4 Å². The molecule has 1 amide bonds. The highest BCUT2D eigenvalue weighted by Crippen LogP contribution is 2.26. The van der Waals surface area contributed by atoms with Crippen molar-refractivity contribution in [3.05, 3.63) is 78.1 Å². The van der Waals surface area contributed by atoms with Crippen LogP contribution < -0.4 is 16.8 Å². The molecule has 120 valence electrons. The number of hydrogen-bond acceptors (Lipinski definition) is 3. The summed E-state index contributed by atoms with van der Waals surface area (Å²) in [5, 5.41) is 2.52. The minimum Gasteiger partial charge on any atom is -0.397 e. The summed E-state index contributed by atoms with van der Waals surface area (Å²) >= 11 is 0. The number of halogens is 1. The molecule has 4 nitrogen and oxygen atoms in total. The van der Waals surface area contributed by atoms with E-state index in [0.29, 0.717) is 5.69 Å². The summed E-state index contributed by atoms with van der Waals surface area (Å²) in [4.78, 5) is 12.3. The first kappa shape index (κ1) is 15.6. The normalized spacial score (nSPS) is 10.4. The van der Waals surface area contributed by atoms with Crippen molar-refractivity contribution in [3.8, 4) is 11.1 Å². The lowest BCUT2D eigenvalue weighted by Crippen LogP contribution is -2.15. The minimum atomic E-state index is -0.521. The number of carbonyl (C=O) groups is 1. The minimum absolute atomic E-state index is 0.0847. The zero-order valence-electron chi connectivity index (χ0n) is 12.8. The average molecular weight is 321 g/mol. The van der Waals surface area contributed by atoms with E-state index in [1.165, 1.54) is 18.2 Å². The summed E-state index contributed by atoms with van der Waals surface area (Å²) in [6.45, 7) is 0. The van der Waals surface area contributed by atoms with Gasteiger partial charge in [0.2, 0.25) is 0 Å². The molecular weight excluding hydrogens is 305 g/mol. The number of carbonyl (C=O) groups excluding carboxylic acids is 1. The van der Waals surface area contributed by atoms with Gasteiger partial charge in [-0.15, -0.1) is 0 Å². The lowest BCUT2D eigenvalue weighted by atomic mass is 10.0. The second-order valence-corrected chi connectivity index (χ2v) is 5.32. The molecule has 0 saturated heterocycles. The van der Waals surface area contributed by atoms with Crippen LogP contribution in [0.25, 0.3) is 11.1 Å². The maximum Gasteiger partial charge on any atom is 0.257 e. The Kier molecular flexibility index (Phi) is 4.16. The molecular formula is C19H16FN3O. The summed E-state index contributed by atoms with van der Waals surface area (Å²) in [6.07, 6.45) is 0. The maximum atomic E-state index is 14.3. The van der Waals surface area contributed by atoms with E-state index in [1.807, 2.05) is 30.3 Å². The molecule has 0 aliphatic carbocycles. The van der Waals surface area contributed by atoms with Gasteiger partial charge in [-0.2, -0.15) is 0 Å². The zero-order valence-corrected chi connectivity index (χ0v) is 12.8. The summed E-state index contributed by atoms with van der Waals surface area (Å²) in [7, 11) is 0. The number of rotatable bonds is 3. The third-order valence-corrected chi connectivity index (χ3v) is 3.71. The molecule has 0 bridgehead atoms. The molecule has 0 aromatic heterocycles. The van der Waals surface area contributed by atoms with Gasteiger partial charge in [-0.25, -0.2) is 4.39 Å². The Labute approximate surface area is 138 Å². The van der Waals surface area contributed by atoms with E-state index in [1.54, 1.807) is 18.2 Å². The molecule has 5 N–H and O–H groups in total. The lowest BCUT2D eigenvalue weighted by molar-refractivity contribution is 0.102. The monoisotopic (exact) mass is 321 g/mol. The molecule has 0 aliphatic rings. The van der Waals surface area contributed by atoms with Gasteiger partial charge in [0.25, 0.3) is 5.91 Å². The molecule has 0 heterocycles. The van der Waals surface area contributed by atoms with Gasteiger partial charge in [0.15, 0.2) is 0 Å². The van der Waals surface area contributed by atoms with Gasteiger partial charge in [0.05, 0.1) is 22.6 Å². The fraction of sp³-hybridized carbons (Fsp3) is 0. The molecule has 24 heavy (non-hydrogen) atoms. The molecule has 5 heteroatoms. The first-order chi connectivity index (χ1) is 11.6. The largest absolute Gasteiger partial charge is 0.397 e. The molecule has 0 unspecified atom stereocenters. The van der Waals surface area contributed by atoms with Crippen LogP contribution in [0.4, 0.5) is 21.5 Å². The molecule has 0 radical (unpaired) electrons. The SMILES string of the molecule is Nc1cccc(C(=O)Nc2ccc(-c3ccccc3)cc2F)c1N. The maximum absolute atomic E-state index is 14.3. The molecule has 3 rings (SSSR count). The van der Waals surface area contributed by atoms with E-state index in [4.69, 9.17) is 11.5 Å². The van der Waals surface area contributed by atoms with Crippen LogP contribution in [0.3, 0.4) is 0 Å². The number of para-hydroxylation sites is 1. The second-order valence-electron chi connectivity index (χ2n) is 5.32. The standard InChI is InChI=1S/C19H16FN3O/c20-15-11-13(12-5-2-1-3-6-12)9-10-17(15)23-19(24)14-7-4-8-16(21)18(14)22/h1-11H,21-22H2,(H,23,24). The number of nitrogen functional groups attached to an aromatic ring is 2. The summed E-state index contributed by atoms with van der Waals surface area (Å²) < 4.78 is 14.3. The van der Waals surface area contributed by atoms with Crippen LogP contribution in [0.1, 0.15) is 10.4 Å². The third-order valence-electron chi connectivity index (χ3n) is 3.71. The molecule has 0 aliphatic heterocycles. The Morgan fingerprint density at radius 3 is 2.33 bits per heavy atom. The predicted octanol–water partition coefficient (Wildman–Crippen LogP) is 3.91. The molecule has 0 saturated carbocycles. The summed E-state index contributed by atoms with van der Waals surface area (Å²) in [5.74, 6) is -1.03. The summed E-state index contributed by atoms with van der Waals surface area (Å²) in [5.41, 5.74) is 13.9. The van der Waals surface area contributed by atoms with Crippen molar-refractivity contribution >= 4 is 23.0 Å². The quantitative estimate of drug-likeness (QED) is 0.640. The predicted molar refractivity (Wildman–Crippen MR) is 95.1 cm³/mol. The fourth-order valence-electron chi connectivity index (χ4n) is 2.40. The van der Waals surface area contributed by atoms with Gasteiger partial charge >= 0.3 is 0 Å². The number of anilines is 3. The number of hydrogen-bond donors (Lipinski definition) is 3. The molecule has 3 aromatic rings. The van der Waals surface area contributed by atoms with Crippen molar-refractivity contribution in [1.82, 2.24) is 0 Å². The first-order valence-electron chi connectivity index (χ1n) is 7.36. The van der Waals surface area contributed by atoms with E-state index in [2.05, 4.69) is 5.32 Å². The Morgan fingerprint density at radius 1 is 0.875 bits per heavy atom. The number of benzene rings is 3. The van der Waals surface area contributed by atoms with Crippen molar-refractivity contribution < 1.29 is 9.18 Å². The van der Waals surface area contributed by atoms with Crippen molar-refractivity contribution in [2.75, 3.05) is 16.8 Å². The Balaban J connectivity index is 1.86. The Morgan fingerprint density at radius 2 is 1.62 bits per heavy atom. The van der Waals surface area contributed by atoms with Crippen LogP contribution in [0.5, 0.6) is 0 Å². The second kappa shape index (κ2) is 6.42. The van der Waals surface area contributed by atoms with Crippen molar-refractivity contribution in [1.29, 1.82) is 0 Å². The zero-order chi connectivity index (χ0) is 17.1. The van der Waals surface area contributed by atoms with Crippen LogP contribution in [-0.4, -0.2) is 5.91 Å². The number of amides is 1. The molecule has 0 atom stereocenters. The average Bonchev–Trinajstić information content (AvgIpc) is 2.59. The Bertz CT molecular complexity index is 894. The van der Waals surface area contributed by atoms with Gasteiger partial charge < -0.3 is 16.8 Å². The van der Waals surface area contributed by atoms with Crippen molar-refractivity contribution in [2.45, 2.75) is 0 Å².